The highest BCUT2D eigenvalue weighted by atomic mass is 31.3. The molecule has 0 spiro atoms. The fraction of sp³-hybridized carbons (Fsp3) is 0.560. The molecule has 2 heterocycles. The SMILES string of the molecule is CC/C=C\C/C=C\C/C=C\CCCCCCCC(=O)OC[C@H](COP(=O)(O)OP(=O)(O)OC[C@H]1O[C@@H](n2ccc(N)nc2=O)[C@H](O)[C@@H]1O)OC(=O)CCC/C=C\C/C=C\C/C=C\C=C\CC(O)/C=C\CC. The summed E-state index contributed by atoms with van der Waals surface area (Å²) in [5, 5.41) is 30.7. The summed E-state index contributed by atoms with van der Waals surface area (Å²) in [5.74, 6) is -1.43. The highest BCUT2D eigenvalue weighted by Gasteiger charge is 2.46. The fourth-order valence-corrected chi connectivity index (χ4v) is 8.61. The van der Waals surface area contributed by atoms with Crippen molar-refractivity contribution < 1.29 is 71.4 Å². The first-order valence-corrected chi connectivity index (χ1v) is 27.3. The minimum atomic E-state index is -5.45. The van der Waals surface area contributed by atoms with Gasteiger partial charge >= 0.3 is 33.3 Å². The maximum atomic E-state index is 12.8. The van der Waals surface area contributed by atoms with Gasteiger partial charge in [0, 0.05) is 19.0 Å². The van der Waals surface area contributed by atoms with Gasteiger partial charge in [-0.1, -0.05) is 130 Å². The Kier molecular flexibility index (Phi) is 33.1. The predicted octanol–water partition coefficient (Wildman–Crippen LogP) is 8.63. The second-order valence-electron chi connectivity index (χ2n) is 16.4. The Morgan fingerprint density at radius 3 is 2.00 bits per heavy atom. The van der Waals surface area contributed by atoms with Gasteiger partial charge in [-0.05, 0) is 83.1 Å². The third-order valence-electron chi connectivity index (χ3n) is 10.2. The van der Waals surface area contributed by atoms with Crippen molar-refractivity contribution in [2.24, 2.45) is 0 Å². The molecule has 0 aromatic carbocycles. The highest BCUT2D eigenvalue weighted by molar-refractivity contribution is 7.61. The van der Waals surface area contributed by atoms with Crippen LogP contribution in [0.3, 0.4) is 0 Å². The van der Waals surface area contributed by atoms with Gasteiger partial charge in [0.25, 0.3) is 0 Å². The molecular weight excluding hydrogens is 961 g/mol. The number of rotatable bonds is 38. The molecule has 71 heavy (non-hydrogen) atoms. The molecule has 0 bridgehead atoms. The number of nitrogen functional groups attached to an aromatic ring is 1. The first-order valence-electron chi connectivity index (χ1n) is 24.4. The summed E-state index contributed by atoms with van der Waals surface area (Å²) >= 11 is 0. The Labute approximate surface area is 418 Å². The first-order chi connectivity index (χ1) is 34.1. The monoisotopic (exact) mass is 1040 g/mol. The number of nitrogens with two attached hydrogens (primary N) is 1. The Morgan fingerprint density at radius 1 is 0.746 bits per heavy atom. The number of nitrogens with zero attached hydrogens (tertiary/aromatic N) is 2. The molecule has 1 fully saturated rings. The van der Waals surface area contributed by atoms with Crippen molar-refractivity contribution in [3.63, 3.8) is 0 Å². The molecule has 19 nitrogen and oxygen atoms in total. The summed E-state index contributed by atoms with van der Waals surface area (Å²) < 4.78 is 56.6. The molecular formula is C50H77N3O16P2. The number of aliphatic hydroxyl groups is 3. The number of hydrogen-bond acceptors (Lipinski definition) is 16. The van der Waals surface area contributed by atoms with Gasteiger partial charge in [0.05, 0.1) is 19.3 Å². The van der Waals surface area contributed by atoms with Gasteiger partial charge in [-0.15, -0.1) is 0 Å². The number of phosphoric ester groups is 2. The van der Waals surface area contributed by atoms with E-state index in [2.05, 4.69) is 52.7 Å². The number of ether oxygens (including phenoxy) is 3. The normalized spacial score (nSPS) is 20.4. The van der Waals surface area contributed by atoms with Crippen molar-refractivity contribution in [3.05, 3.63) is 120 Å². The van der Waals surface area contributed by atoms with Crippen LogP contribution in [0.25, 0.3) is 0 Å². The molecule has 0 radical (unpaired) electrons. The first kappa shape index (κ1) is 62.8. The Bertz CT molecular complexity index is 2080. The van der Waals surface area contributed by atoms with Crippen LogP contribution in [0.15, 0.2) is 114 Å². The number of phosphoric acid groups is 2. The van der Waals surface area contributed by atoms with Gasteiger partial charge < -0.3 is 45.1 Å². The summed E-state index contributed by atoms with van der Waals surface area (Å²) in [7, 11) is -10.9. The molecule has 1 aliphatic rings. The van der Waals surface area contributed by atoms with E-state index in [0.717, 1.165) is 75.0 Å². The standard InChI is InChI=1S/C50H77N3O16P2/c1-3-5-7-8-9-10-11-12-13-14-18-21-24-27-30-34-45(55)64-38-42(67-46(56)35-31-28-25-22-19-16-15-17-20-23-26-29-33-41(54)32-6-4-2)39-65-70(60,61)69-71(62,63)66-40-43-47(57)48(58)49(68-43)53-37-36-44(51)52-50(53)59/h5-7,9-10,12-13,15-16,20,22-23,25-26,29,32,36-37,41-43,47-49,54,57-58H,3-4,8,11,14,17-19,21,24,27-28,30-31,33-35,38-40H2,1-2H3,(H,60,61)(H,62,63)(H2,51,52,59)/b7-5-,10-9-,13-12-,16-15-,23-20-,25-22-,29-26+,32-6-/t41?,42-,43-,47-,48-,49-/m1/s1. The van der Waals surface area contributed by atoms with Gasteiger partial charge in [-0.25, -0.2) is 13.9 Å². The van der Waals surface area contributed by atoms with Gasteiger partial charge in [-0.2, -0.15) is 9.29 Å². The zero-order valence-electron chi connectivity index (χ0n) is 41.1. The van der Waals surface area contributed by atoms with Crippen molar-refractivity contribution >= 4 is 33.4 Å². The third-order valence-corrected chi connectivity index (χ3v) is 12.8. The van der Waals surface area contributed by atoms with Gasteiger partial charge in [0.15, 0.2) is 12.3 Å². The molecule has 1 saturated heterocycles. The number of esters is 2. The number of aromatic nitrogens is 2. The van der Waals surface area contributed by atoms with Crippen LogP contribution in [-0.2, 0) is 46.3 Å². The Balaban J connectivity index is 1.86. The van der Waals surface area contributed by atoms with Crippen molar-refractivity contribution in [2.75, 3.05) is 25.6 Å². The molecule has 0 aliphatic carbocycles. The minimum Gasteiger partial charge on any atom is -0.462 e. The van der Waals surface area contributed by atoms with E-state index in [1.54, 1.807) is 6.08 Å². The maximum absolute atomic E-state index is 12.8. The summed E-state index contributed by atoms with van der Waals surface area (Å²) in [4.78, 5) is 61.8. The van der Waals surface area contributed by atoms with Gasteiger partial charge in [0.2, 0.25) is 0 Å². The zero-order valence-corrected chi connectivity index (χ0v) is 42.9. The molecule has 21 heteroatoms. The molecule has 0 saturated carbocycles. The van der Waals surface area contributed by atoms with E-state index >= 15 is 0 Å². The number of hydrogen-bond donors (Lipinski definition) is 6. The molecule has 1 aliphatic heterocycles. The van der Waals surface area contributed by atoms with Crippen molar-refractivity contribution in [2.45, 2.75) is 160 Å². The van der Waals surface area contributed by atoms with Crippen LogP contribution >= 0.6 is 15.6 Å². The largest absolute Gasteiger partial charge is 0.481 e. The van der Waals surface area contributed by atoms with E-state index in [9.17, 15) is 48.6 Å². The fourth-order valence-electron chi connectivity index (χ4n) is 6.50. The average molecular weight is 1040 g/mol. The van der Waals surface area contributed by atoms with Crippen LogP contribution in [0.4, 0.5) is 5.82 Å². The van der Waals surface area contributed by atoms with E-state index in [0.29, 0.717) is 32.1 Å². The average Bonchev–Trinajstić information content (AvgIpc) is 3.60. The summed E-state index contributed by atoms with van der Waals surface area (Å²) in [5.41, 5.74) is 4.57. The van der Waals surface area contributed by atoms with Gasteiger partial charge in [-0.3, -0.25) is 23.2 Å². The second-order valence-corrected chi connectivity index (χ2v) is 19.4. The number of carbonyl (C=O) groups excluding carboxylic acids is 2. The quantitative estimate of drug-likeness (QED) is 0.0119. The number of allylic oxidation sites excluding steroid dienone is 14. The molecule has 0 amide bonds. The maximum Gasteiger partial charge on any atom is 0.481 e. The van der Waals surface area contributed by atoms with Crippen molar-refractivity contribution in [3.8, 4) is 0 Å². The molecule has 2 rings (SSSR count). The number of aliphatic hydroxyl groups excluding tert-OH is 3. The summed E-state index contributed by atoms with van der Waals surface area (Å²) in [6, 6.07) is 1.24. The van der Waals surface area contributed by atoms with E-state index in [-0.39, 0.29) is 18.7 Å². The van der Waals surface area contributed by atoms with E-state index in [1.165, 1.54) is 6.07 Å². The zero-order chi connectivity index (χ0) is 52.2. The molecule has 1 aromatic rings. The van der Waals surface area contributed by atoms with Crippen LogP contribution in [0.5, 0.6) is 0 Å². The minimum absolute atomic E-state index is 0.0558. The molecule has 398 valence electrons. The molecule has 3 unspecified atom stereocenters. The number of unbranched alkanes of at least 4 members (excludes halogenated alkanes) is 6. The molecule has 7 N–H and O–H groups in total. The Morgan fingerprint density at radius 2 is 1.32 bits per heavy atom. The molecule has 1 aromatic heterocycles. The topological polar surface area (TPSA) is 286 Å². The van der Waals surface area contributed by atoms with E-state index < -0.39 is 89.8 Å². The Hall–Kier alpha value is -4.36. The van der Waals surface area contributed by atoms with Crippen molar-refractivity contribution in [1.29, 1.82) is 0 Å². The van der Waals surface area contributed by atoms with Crippen molar-refractivity contribution in [1.82, 2.24) is 9.55 Å². The van der Waals surface area contributed by atoms with Crippen LogP contribution in [0.1, 0.15) is 129 Å². The van der Waals surface area contributed by atoms with Crippen LogP contribution < -0.4 is 11.4 Å². The van der Waals surface area contributed by atoms with Crippen LogP contribution in [0, 0.1) is 0 Å². The van der Waals surface area contributed by atoms with Crippen LogP contribution in [0.2, 0.25) is 0 Å². The lowest BCUT2D eigenvalue weighted by Crippen LogP contribution is -2.36. The predicted molar refractivity (Wildman–Crippen MR) is 271 cm³/mol. The summed E-state index contributed by atoms with van der Waals surface area (Å²) in [6.45, 7) is 1.70. The van der Waals surface area contributed by atoms with Crippen LogP contribution in [-0.4, -0.2) is 96.9 Å². The number of anilines is 1. The highest BCUT2D eigenvalue weighted by Crippen LogP contribution is 2.60. The lowest BCUT2D eigenvalue weighted by atomic mass is 10.1. The lowest BCUT2D eigenvalue weighted by molar-refractivity contribution is -0.161. The smallest absolute Gasteiger partial charge is 0.462 e. The lowest BCUT2D eigenvalue weighted by Gasteiger charge is -2.21. The third kappa shape index (κ3) is 30.3. The van der Waals surface area contributed by atoms with Gasteiger partial charge in [0.1, 0.15) is 30.7 Å². The molecule has 8 atom stereocenters. The number of carbonyl (C=O) groups is 2. The second kappa shape index (κ2) is 37.4. The van der Waals surface area contributed by atoms with E-state index in [4.69, 9.17) is 29.0 Å². The summed E-state index contributed by atoms with van der Waals surface area (Å²) in [6.07, 6.45) is 37.0. The van der Waals surface area contributed by atoms with E-state index in [1.807, 2.05) is 61.6 Å².